The van der Waals surface area contributed by atoms with Crippen molar-refractivity contribution in [1.29, 1.82) is 0 Å². The Morgan fingerprint density at radius 1 is 1.38 bits per heavy atom. The number of aromatic nitrogens is 1. The van der Waals surface area contributed by atoms with Crippen LogP contribution in [0.25, 0.3) is 0 Å². The van der Waals surface area contributed by atoms with Gasteiger partial charge in [-0.25, -0.2) is 0 Å². The number of ether oxygens (including phenoxy) is 1. The molecular weight excluding hydrogens is 272 g/mol. The van der Waals surface area contributed by atoms with Crippen molar-refractivity contribution in [3.05, 3.63) is 17.5 Å². The van der Waals surface area contributed by atoms with Crippen LogP contribution in [0.15, 0.2) is 10.6 Å². The molecule has 6 heteroatoms. The third kappa shape index (κ3) is 4.31. The van der Waals surface area contributed by atoms with Crippen molar-refractivity contribution < 1.29 is 18.8 Å². The van der Waals surface area contributed by atoms with E-state index in [0.29, 0.717) is 11.5 Å². The molecule has 0 spiro atoms. The molecule has 1 aromatic rings. The highest BCUT2D eigenvalue weighted by Gasteiger charge is 2.31. The third-order valence-corrected chi connectivity index (χ3v) is 3.88. The molecule has 1 N–H and O–H groups in total. The van der Waals surface area contributed by atoms with Gasteiger partial charge in [0.25, 0.3) is 0 Å². The van der Waals surface area contributed by atoms with Gasteiger partial charge in [-0.05, 0) is 19.8 Å². The van der Waals surface area contributed by atoms with Crippen LogP contribution in [-0.2, 0) is 20.7 Å². The quantitative estimate of drug-likeness (QED) is 0.676. The number of nitrogens with one attached hydrogen (secondary N) is 1. The fourth-order valence-corrected chi connectivity index (χ4v) is 2.84. The molecule has 1 amide bonds. The Hall–Kier alpha value is -1.85. The molecule has 1 aliphatic carbocycles. The van der Waals surface area contributed by atoms with Gasteiger partial charge < -0.3 is 14.6 Å². The highest BCUT2D eigenvalue weighted by molar-refractivity contribution is 5.80. The molecule has 0 aromatic carbocycles. The summed E-state index contributed by atoms with van der Waals surface area (Å²) >= 11 is 0. The lowest BCUT2D eigenvalue weighted by Gasteiger charge is -2.23. The van der Waals surface area contributed by atoms with Crippen molar-refractivity contribution in [2.24, 2.45) is 5.92 Å². The maximum Gasteiger partial charge on any atom is 0.310 e. The van der Waals surface area contributed by atoms with E-state index in [-0.39, 0.29) is 30.3 Å². The summed E-state index contributed by atoms with van der Waals surface area (Å²) in [4.78, 5) is 24.0. The molecule has 0 aliphatic heterocycles. The van der Waals surface area contributed by atoms with Gasteiger partial charge in [0.2, 0.25) is 5.91 Å². The molecule has 0 saturated heterocycles. The van der Waals surface area contributed by atoms with E-state index >= 15 is 0 Å². The van der Waals surface area contributed by atoms with Crippen molar-refractivity contribution in [1.82, 2.24) is 10.5 Å². The van der Waals surface area contributed by atoms with E-state index in [4.69, 9.17) is 9.26 Å². The Labute approximate surface area is 124 Å². The molecule has 1 heterocycles. The predicted octanol–water partition coefficient (Wildman–Crippen LogP) is 1.76. The number of aryl methyl sites for hydroxylation is 1. The second-order valence-corrected chi connectivity index (χ2v) is 5.55. The smallest absolute Gasteiger partial charge is 0.310 e. The van der Waals surface area contributed by atoms with Gasteiger partial charge >= 0.3 is 5.97 Å². The summed E-state index contributed by atoms with van der Waals surface area (Å²) in [5, 5.41) is 6.77. The third-order valence-electron chi connectivity index (χ3n) is 3.88. The van der Waals surface area contributed by atoms with E-state index in [1.54, 1.807) is 13.0 Å². The molecule has 0 radical (unpaired) electrons. The SMILES string of the molecule is COC(=O)[C@H]1CCCCC[C@@H]1NC(=O)Cc1cc(C)on1. The van der Waals surface area contributed by atoms with Crippen LogP contribution in [0.3, 0.4) is 0 Å². The summed E-state index contributed by atoms with van der Waals surface area (Å²) in [6.07, 6.45) is 4.84. The first-order valence-corrected chi connectivity index (χ1v) is 7.39. The van der Waals surface area contributed by atoms with E-state index in [0.717, 1.165) is 32.1 Å². The number of esters is 1. The average molecular weight is 294 g/mol. The average Bonchev–Trinajstić information content (AvgIpc) is 2.72. The van der Waals surface area contributed by atoms with Crippen LogP contribution < -0.4 is 5.32 Å². The topological polar surface area (TPSA) is 81.4 Å². The van der Waals surface area contributed by atoms with Crippen LogP contribution in [0, 0.1) is 12.8 Å². The van der Waals surface area contributed by atoms with E-state index in [9.17, 15) is 9.59 Å². The monoisotopic (exact) mass is 294 g/mol. The number of rotatable bonds is 4. The molecule has 116 valence electrons. The van der Waals surface area contributed by atoms with Crippen LogP contribution in [0.4, 0.5) is 0 Å². The maximum atomic E-state index is 12.1. The van der Waals surface area contributed by atoms with Gasteiger partial charge in [0.05, 0.1) is 25.1 Å². The molecule has 1 fully saturated rings. The molecule has 1 aliphatic rings. The lowest BCUT2D eigenvalue weighted by atomic mass is 9.94. The number of methoxy groups -OCH3 is 1. The van der Waals surface area contributed by atoms with Crippen molar-refractivity contribution >= 4 is 11.9 Å². The number of hydrogen-bond acceptors (Lipinski definition) is 5. The summed E-state index contributed by atoms with van der Waals surface area (Å²) in [5.41, 5.74) is 0.605. The van der Waals surface area contributed by atoms with Crippen molar-refractivity contribution in [2.75, 3.05) is 7.11 Å². The minimum absolute atomic E-state index is 0.135. The van der Waals surface area contributed by atoms with Gasteiger partial charge in [0, 0.05) is 12.1 Å². The Morgan fingerprint density at radius 3 is 2.81 bits per heavy atom. The van der Waals surface area contributed by atoms with E-state index < -0.39 is 0 Å². The second kappa shape index (κ2) is 7.24. The lowest BCUT2D eigenvalue weighted by Crippen LogP contribution is -2.43. The Morgan fingerprint density at radius 2 is 2.14 bits per heavy atom. The first-order valence-electron chi connectivity index (χ1n) is 7.39. The Balaban J connectivity index is 1.96. The minimum Gasteiger partial charge on any atom is -0.469 e. The summed E-state index contributed by atoms with van der Waals surface area (Å²) in [6.45, 7) is 1.78. The first kappa shape index (κ1) is 15.5. The summed E-state index contributed by atoms with van der Waals surface area (Å²) in [7, 11) is 1.39. The summed E-state index contributed by atoms with van der Waals surface area (Å²) in [5.74, 6) is 0.0591. The number of hydrogen-bond donors (Lipinski definition) is 1. The van der Waals surface area contributed by atoms with Crippen molar-refractivity contribution in [2.45, 2.75) is 51.5 Å². The maximum absolute atomic E-state index is 12.1. The molecule has 1 aromatic heterocycles. The van der Waals surface area contributed by atoms with Gasteiger partial charge in [0.15, 0.2) is 0 Å². The molecular formula is C15H22N2O4. The standard InChI is InChI=1S/C15H22N2O4/c1-10-8-11(17-21-10)9-14(18)16-13-7-5-3-4-6-12(13)15(19)20-2/h8,12-13H,3-7,9H2,1-2H3,(H,16,18)/t12-,13-/m0/s1. The van der Waals surface area contributed by atoms with Gasteiger partial charge in [-0.1, -0.05) is 24.4 Å². The van der Waals surface area contributed by atoms with Gasteiger partial charge in [-0.2, -0.15) is 0 Å². The zero-order valence-electron chi connectivity index (χ0n) is 12.6. The van der Waals surface area contributed by atoms with Gasteiger partial charge in [0.1, 0.15) is 5.76 Å². The highest BCUT2D eigenvalue weighted by Crippen LogP contribution is 2.24. The van der Waals surface area contributed by atoms with Crippen LogP contribution >= 0.6 is 0 Å². The number of carbonyl (C=O) groups is 2. The fraction of sp³-hybridized carbons (Fsp3) is 0.667. The Bertz CT molecular complexity index is 498. The number of carbonyl (C=O) groups excluding carboxylic acids is 2. The number of amides is 1. The van der Waals surface area contributed by atoms with Crippen LogP contribution in [0.5, 0.6) is 0 Å². The normalized spacial score (nSPS) is 22.4. The summed E-state index contributed by atoms with van der Waals surface area (Å²) < 4.78 is 9.81. The molecule has 0 bridgehead atoms. The molecule has 6 nitrogen and oxygen atoms in total. The predicted molar refractivity (Wildman–Crippen MR) is 75.5 cm³/mol. The van der Waals surface area contributed by atoms with E-state index in [2.05, 4.69) is 10.5 Å². The largest absolute Gasteiger partial charge is 0.469 e. The molecule has 21 heavy (non-hydrogen) atoms. The second-order valence-electron chi connectivity index (χ2n) is 5.55. The zero-order valence-corrected chi connectivity index (χ0v) is 12.6. The fourth-order valence-electron chi connectivity index (χ4n) is 2.84. The van der Waals surface area contributed by atoms with Gasteiger partial charge in [-0.15, -0.1) is 0 Å². The molecule has 2 rings (SSSR count). The van der Waals surface area contributed by atoms with Crippen molar-refractivity contribution in [3.63, 3.8) is 0 Å². The van der Waals surface area contributed by atoms with E-state index in [1.807, 2.05) is 0 Å². The lowest BCUT2D eigenvalue weighted by molar-refractivity contribution is -0.147. The highest BCUT2D eigenvalue weighted by atomic mass is 16.5. The minimum atomic E-state index is -0.250. The zero-order chi connectivity index (χ0) is 15.2. The molecule has 0 unspecified atom stereocenters. The van der Waals surface area contributed by atoms with Gasteiger partial charge in [-0.3, -0.25) is 9.59 Å². The molecule has 1 saturated carbocycles. The Kier molecular flexibility index (Phi) is 5.36. The van der Waals surface area contributed by atoms with Crippen molar-refractivity contribution in [3.8, 4) is 0 Å². The van der Waals surface area contributed by atoms with Crippen LogP contribution in [0.1, 0.15) is 43.6 Å². The van der Waals surface area contributed by atoms with Crippen LogP contribution in [0.2, 0.25) is 0 Å². The first-order chi connectivity index (χ1) is 10.1. The summed E-state index contributed by atoms with van der Waals surface area (Å²) in [6, 6.07) is 1.59. The van der Waals surface area contributed by atoms with E-state index in [1.165, 1.54) is 7.11 Å². The van der Waals surface area contributed by atoms with Crippen LogP contribution in [-0.4, -0.2) is 30.2 Å². The number of nitrogens with zero attached hydrogens (tertiary/aromatic N) is 1. The molecule has 2 atom stereocenters.